The number of methoxy groups -OCH3 is 2. The summed E-state index contributed by atoms with van der Waals surface area (Å²) in [4.78, 5) is 11.0. The lowest BCUT2D eigenvalue weighted by Crippen LogP contribution is -2.32. The van der Waals surface area contributed by atoms with Crippen LogP contribution in [0.3, 0.4) is 0 Å². The molecule has 0 aromatic heterocycles. The van der Waals surface area contributed by atoms with Gasteiger partial charge in [-0.05, 0) is 73.9 Å². The number of nitro groups is 1. The second-order valence-corrected chi connectivity index (χ2v) is 12.8. The van der Waals surface area contributed by atoms with Gasteiger partial charge in [0.1, 0.15) is 17.2 Å². The highest BCUT2D eigenvalue weighted by Gasteiger charge is 2.32. The molecule has 0 unspecified atom stereocenters. The Morgan fingerprint density at radius 3 is 1.93 bits per heavy atom. The normalized spacial score (nSPS) is 18.9. The van der Waals surface area contributed by atoms with Gasteiger partial charge in [0.2, 0.25) is 10.0 Å². The molecule has 0 saturated heterocycles. The predicted octanol–water partition coefficient (Wildman–Crippen LogP) is 5.06. The molecule has 12 heteroatoms. The van der Waals surface area contributed by atoms with Crippen LogP contribution in [-0.2, 0) is 23.1 Å². The maximum absolute atomic E-state index is 14.0. The number of nitro benzene ring substituents is 1. The van der Waals surface area contributed by atoms with E-state index < -0.39 is 36.9 Å². The van der Waals surface area contributed by atoms with Gasteiger partial charge in [-0.15, -0.1) is 0 Å². The zero-order chi connectivity index (χ0) is 30.5. The molecule has 3 N–H and O–H groups in total. The summed E-state index contributed by atoms with van der Waals surface area (Å²) in [6.45, 7) is 2.08. The molecule has 4 rings (SSSR count). The molecule has 11 nitrogen and oxygen atoms in total. The highest BCUT2D eigenvalue weighted by atomic mass is 32.2. The molecule has 1 fully saturated rings. The zero-order valence-electron chi connectivity index (χ0n) is 23.9. The first-order chi connectivity index (χ1) is 19.9. The Morgan fingerprint density at radius 1 is 0.976 bits per heavy atom. The van der Waals surface area contributed by atoms with Gasteiger partial charge in [0, 0.05) is 31.8 Å². The highest BCUT2D eigenvalue weighted by molar-refractivity contribution is 7.89. The van der Waals surface area contributed by atoms with Crippen LogP contribution in [0.5, 0.6) is 17.2 Å². The lowest BCUT2D eigenvalue weighted by atomic mass is 9.80. The molecule has 0 heterocycles. The van der Waals surface area contributed by atoms with Crippen LogP contribution in [0, 0.1) is 16.0 Å². The number of anilines is 1. The number of phenolic OH excluding ortho intramolecular Hbond substituents is 1. The number of hydrogen-bond donors (Lipinski definition) is 3. The van der Waals surface area contributed by atoms with Gasteiger partial charge in [-0.3, -0.25) is 10.1 Å². The van der Waals surface area contributed by atoms with Crippen molar-refractivity contribution in [3.8, 4) is 17.2 Å². The third-order valence-electron chi connectivity index (χ3n) is 7.69. The van der Waals surface area contributed by atoms with Gasteiger partial charge in [-0.2, -0.15) is 4.31 Å². The summed E-state index contributed by atoms with van der Waals surface area (Å²) in [5, 5.41) is 36.1. The zero-order valence-corrected chi connectivity index (χ0v) is 24.8. The SMILES string of the molecule is COc1ccc(CN(Cc2ccc(OC)cc2)S(=O)(=O)c2cc(O)c(NCC3CCC(C)(O)CC3)c([N+](=O)[O-])c2)cc1. The molecule has 3 aromatic rings. The number of aliphatic hydroxyl groups is 1. The third kappa shape index (κ3) is 7.50. The minimum atomic E-state index is -4.32. The number of benzene rings is 3. The van der Waals surface area contributed by atoms with E-state index >= 15 is 0 Å². The van der Waals surface area contributed by atoms with Gasteiger partial charge in [0.25, 0.3) is 5.69 Å². The second-order valence-electron chi connectivity index (χ2n) is 10.9. The number of phenols is 1. The minimum absolute atomic E-state index is 0.0294. The number of aromatic hydroxyl groups is 1. The molecule has 0 aliphatic heterocycles. The Morgan fingerprint density at radius 2 is 1.48 bits per heavy atom. The van der Waals surface area contributed by atoms with Crippen molar-refractivity contribution in [3.05, 3.63) is 81.9 Å². The maximum atomic E-state index is 14.0. The number of rotatable bonds is 12. The molecule has 1 saturated carbocycles. The summed E-state index contributed by atoms with van der Waals surface area (Å²) in [5.74, 6) is 0.854. The molecule has 226 valence electrons. The van der Waals surface area contributed by atoms with E-state index in [4.69, 9.17) is 9.47 Å². The van der Waals surface area contributed by atoms with E-state index in [1.165, 1.54) is 18.5 Å². The lowest BCUT2D eigenvalue weighted by molar-refractivity contribution is -0.384. The monoisotopic (exact) mass is 599 g/mol. The largest absolute Gasteiger partial charge is 0.505 e. The van der Waals surface area contributed by atoms with Gasteiger partial charge >= 0.3 is 0 Å². The maximum Gasteiger partial charge on any atom is 0.297 e. The van der Waals surface area contributed by atoms with Crippen LogP contribution < -0.4 is 14.8 Å². The van der Waals surface area contributed by atoms with Gasteiger partial charge in [-0.1, -0.05) is 24.3 Å². The molecule has 0 spiro atoms. The molecule has 0 radical (unpaired) electrons. The van der Waals surface area contributed by atoms with Gasteiger partial charge in [-0.25, -0.2) is 8.42 Å². The van der Waals surface area contributed by atoms with Crippen molar-refractivity contribution >= 4 is 21.4 Å². The van der Waals surface area contributed by atoms with Crippen molar-refractivity contribution in [3.63, 3.8) is 0 Å². The van der Waals surface area contributed by atoms with Crippen LogP contribution in [-0.4, -0.2) is 54.2 Å². The van der Waals surface area contributed by atoms with Crippen molar-refractivity contribution in [2.75, 3.05) is 26.1 Å². The number of hydrogen-bond acceptors (Lipinski definition) is 9. The number of sulfonamides is 1. The molecule has 0 atom stereocenters. The minimum Gasteiger partial charge on any atom is -0.505 e. The average Bonchev–Trinajstić information content (AvgIpc) is 2.97. The summed E-state index contributed by atoms with van der Waals surface area (Å²) in [6.07, 6.45) is 2.69. The average molecular weight is 600 g/mol. The van der Waals surface area contributed by atoms with E-state index in [0.29, 0.717) is 42.0 Å². The summed E-state index contributed by atoms with van der Waals surface area (Å²) in [6, 6.07) is 15.9. The van der Waals surface area contributed by atoms with Gasteiger partial charge in [0.05, 0.1) is 29.6 Å². The van der Waals surface area contributed by atoms with Crippen LogP contribution in [0.4, 0.5) is 11.4 Å². The number of ether oxygens (including phenoxy) is 2. The first-order valence-corrected chi connectivity index (χ1v) is 15.1. The van der Waals surface area contributed by atoms with Crippen LogP contribution in [0.1, 0.15) is 43.7 Å². The quantitative estimate of drug-likeness (QED) is 0.147. The predicted molar refractivity (Wildman–Crippen MR) is 158 cm³/mol. The first kappa shape index (κ1) is 31.1. The molecule has 0 amide bonds. The fourth-order valence-electron chi connectivity index (χ4n) is 5.05. The smallest absolute Gasteiger partial charge is 0.297 e. The standard InChI is InChI=1S/C30H37N3O8S/c1-30(35)14-12-21(13-15-30)18-31-29-27(33(36)37)16-26(17-28(29)34)42(38,39)32(19-22-4-8-24(40-2)9-5-22)20-23-6-10-25(41-3)11-7-23/h4-11,16-17,21,31,34-35H,12-15,18-20H2,1-3H3. The van der Waals surface area contributed by atoms with Crippen LogP contribution in [0.15, 0.2) is 65.6 Å². The van der Waals surface area contributed by atoms with Crippen molar-refractivity contribution in [1.82, 2.24) is 4.31 Å². The summed E-state index contributed by atoms with van der Waals surface area (Å²) in [7, 11) is -1.25. The lowest BCUT2D eigenvalue weighted by Gasteiger charge is -2.33. The molecular formula is C30H37N3O8S. The van der Waals surface area contributed by atoms with Crippen LogP contribution in [0.2, 0.25) is 0 Å². The molecule has 42 heavy (non-hydrogen) atoms. The Labute approximate surface area is 245 Å². The second kappa shape index (κ2) is 13.0. The fourth-order valence-corrected chi connectivity index (χ4v) is 6.51. The van der Waals surface area contributed by atoms with E-state index in [1.54, 1.807) is 55.5 Å². The summed E-state index contributed by atoms with van der Waals surface area (Å²) < 4.78 is 39.6. The number of nitrogens with zero attached hydrogens (tertiary/aromatic N) is 2. The molecule has 0 bridgehead atoms. The van der Waals surface area contributed by atoms with E-state index in [9.17, 15) is 28.7 Å². The highest BCUT2D eigenvalue weighted by Crippen LogP contribution is 2.39. The third-order valence-corrected chi connectivity index (χ3v) is 9.46. The fraction of sp³-hybridized carbons (Fsp3) is 0.400. The molecule has 3 aromatic carbocycles. The Balaban J connectivity index is 1.64. The van der Waals surface area contributed by atoms with E-state index in [1.807, 2.05) is 0 Å². The Bertz CT molecular complexity index is 1430. The summed E-state index contributed by atoms with van der Waals surface area (Å²) >= 11 is 0. The van der Waals surface area contributed by atoms with E-state index in [0.717, 1.165) is 25.0 Å². The van der Waals surface area contributed by atoms with Crippen molar-refractivity contribution in [2.45, 2.75) is 56.2 Å². The first-order valence-electron chi connectivity index (χ1n) is 13.7. The van der Waals surface area contributed by atoms with Crippen molar-refractivity contribution in [2.24, 2.45) is 5.92 Å². The molecule has 1 aliphatic carbocycles. The number of nitrogens with one attached hydrogen (secondary N) is 1. The summed E-state index contributed by atoms with van der Waals surface area (Å²) in [5.41, 5.74) is -0.0319. The van der Waals surface area contributed by atoms with Crippen molar-refractivity contribution < 1.29 is 33.0 Å². The topological polar surface area (TPSA) is 151 Å². The van der Waals surface area contributed by atoms with Crippen molar-refractivity contribution in [1.29, 1.82) is 0 Å². The Hall–Kier alpha value is -3.87. The van der Waals surface area contributed by atoms with Gasteiger partial charge < -0.3 is 25.0 Å². The Kier molecular flexibility index (Phi) is 9.60. The van der Waals surface area contributed by atoms with E-state index in [-0.39, 0.29) is 24.7 Å². The molecule has 1 aliphatic rings. The van der Waals surface area contributed by atoms with Crippen LogP contribution in [0.25, 0.3) is 0 Å². The molecular weight excluding hydrogens is 562 g/mol. The van der Waals surface area contributed by atoms with E-state index in [2.05, 4.69) is 5.32 Å². The van der Waals surface area contributed by atoms with Gasteiger partial charge in [0.15, 0.2) is 5.69 Å². The van der Waals surface area contributed by atoms with Crippen LogP contribution >= 0.6 is 0 Å².